The maximum atomic E-state index is 13.8. The lowest BCUT2D eigenvalue weighted by molar-refractivity contribution is -0.137. The second-order valence-electron chi connectivity index (χ2n) is 7.36. The molecule has 9 heteroatoms. The molecule has 30 heavy (non-hydrogen) atoms. The Kier molecular flexibility index (Phi) is 5.66. The van der Waals surface area contributed by atoms with E-state index in [2.05, 4.69) is 15.6 Å². The number of aliphatic imine (C=N–C) groups is 1. The molecule has 1 saturated heterocycles. The van der Waals surface area contributed by atoms with Gasteiger partial charge in [-0.3, -0.25) is 0 Å². The normalized spacial score (nSPS) is 18.8. The Morgan fingerprint density at radius 1 is 1.17 bits per heavy atom. The second-order valence-corrected chi connectivity index (χ2v) is 7.36. The van der Waals surface area contributed by atoms with E-state index in [-0.39, 0.29) is 6.04 Å². The molecule has 0 amide bonds. The third-order valence-electron chi connectivity index (χ3n) is 5.27. The molecule has 4 rings (SSSR count). The van der Waals surface area contributed by atoms with Gasteiger partial charge in [0.15, 0.2) is 0 Å². The quantitative estimate of drug-likeness (QED) is 0.725. The average Bonchev–Trinajstić information content (AvgIpc) is 2.87. The van der Waals surface area contributed by atoms with Crippen LogP contribution in [0.3, 0.4) is 0 Å². The number of anilines is 2. The summed E-state index contributed by atoms with van der Waals surface area (Å²) in [6.07, 6.45) is -3.70. The maximum absolute atomic E-state index is 13.8. The molecule has 1 fully saturated rings. The Hall–Kier alpha value is -2.65. The molecule has 2 aromatic rings. The van der Waals surface area contributed by atoms with Crippen LogP contribution in [0, 0.1) is 5.82 Å². The van der Waals surface area contributed by atoms with E-state index in [0.29, 0.717) is 54.7 Å². The highest BCUT2D eigenvalue weighted by Gasteiger charge is 2.33. The van der Waals surface area contributed by atoms with Crippen molar-refractivity contribution in [1.82, 2.24) is 10.2 Å². The molecule has 160 valence electrons. The summed E-state index contributed by atoms with van der Waals surface area (Å²) in [4.78, 5) is 6.65. The molecule has 2 aromatic carbocycles. The van der Waals surface area contributed by atoms with Crippen LogP contribution in [-0.4, -0.2) is 50.1 Å². The third-order valence-corrected chi connectivity index (χ3v) is 5.27. The summed E-state index contributed by atoms with van der Waals surface area (Å²) in [6, 6.07) is 7.74. The molecule has 0 bridgehead atoms. The predicted molar refractivity (Wildman–Crippen MR) is 107 cm³/mol. The number of piperazine rings is 1. The first kappa shape index (κ1) is 20.6. The zero-order valence-electron chi connectivity index (χ0n) is 16.4. The zero-order valence-corrected chi connectivity index (χ0v) is 16.4. The molecule has 0 aromatic heterocycles. The van der Waals surface area contributed by atoms with Crippen molar-refractivity contribution in [2.45, 2.75) is 18.6 Å². The van der Waals surface area contributed by atoms with Gasteiger partial charge in [-0.05, 0) is 42.8 Å². The lowest BCUT2D eigenvalue weighted by atomic mass is 10.0. The van der Waals surface area contributed by atoms with Crippen LogP contribution in [0.25, 0.3) is 0 Å². The number of rotatable bonds is 3. The molecule has 0 spiro atoms. The van der Waals surface area contributed by atoms with Gasteiger partial charge in [0.2, 0.25) is 0 Å². The number of amidine groups is 1. The minimum Gasteiger partial charge on any atom is -0.385 e. The molecule has 0 saturated carbocycles. The number of hydrogen-bond donors (Lipinski definition) is 2. The fraction of sp³-hybridized carbons (Fsp3) is 0.381. The third kappa shape index (κ3) is 4.27. The molecule has 2 aliphatic rings. The molecule has 0 aliphatic carbocycles. The fourth-order valence-corrected chi connectivity index (χ4v) is 3.75. The lowest BCUT2D eigenvalue weighted by Gasteiger charge is -2.36. The minimum atomic E-state index is -4.48. The Labute approximate surface area is 171 Å². The zero-order chi connectivity index (χ0) is 21.3. The van der Waals surface area contributed by atoms with E-state index >= 15 is 0 Å². The van der Waals surface area contributed by atoms with Crippen molar-refractivity contribution in [3.8, 4) is 0 Å². The van der Waals surface area contributed by atoms with E-state index in [4.69, 9.17) is 4.74 Å². The average molecular weight is 422 g/mol. The van der Waals surface area contributed by atoms with E-state index < -0.39 is 17.6 Å². The monoisotopic (exact) mass is 422 g/mol. The van der Waals surface area contributed by atoms with E-state index in [1.54, 1.807) is 7.11 Å². The Morgan fingerprint density at radius 2 is 2.00 bits per heavy atom. The van der Waals surface area contributed by atoms with Crippen molar-refractivity contribution in [3.63, 3.8) is 0 Å². The summed E-state index contributed by atoms with van der Waals surface area (Å²) >= 11 is 0. The molecular formula is C21H22F4N4O. The minimum absolute atomic E-state index is 0.125. The predicted octanol–water partition coefficient (Wildman–Crippen LogP) is 4.29. The summed E-state index contributed by atoms with van der Waals surface area (Å²) in [5, 5.41) is 6.46. The highest BCUT2D eigenvalue weighted by molar-refractivity contribution is 6.08. The van der Waals surface area contributed by atoms with Crippen LogP contribution in [0.1, 0.15) is 17.5 Å². The first-order valence-electron chi connectivity index (χ1n) is 9.69. The van der Waals surface area contributed by atoms with Gasteiger partial charge in [-0.2, -0.15) is 13.2 Å². The Bertz CT molecular complexity index is 961. The van der Waals surface area contributed by atoms with Crippen molar-refractivity contribution in [1.29, 1.82) is 0 Å². The first-order chi connectivity index (χ1) is 14.3. The van der Waals surface area contributed by atoms with Crippen molar-refractivity contribution in [2.75, 3.05) is 38.7 Å². The number of nitrogens with zero attached hydrogens (tertiary/aromatic N) is 2. The van der Waals surface area contributed by atoms with E-state index in [1.165, 1.54) is 24.3 Å². The standard InChI is InChI=1S/C21H22F4N4O/c1-30-9-6-15-12-29(8-7-26-15)20-16-10-13(21(23,24)25)2-4-17(16)27-19-11-14(22)3-5-18(19)28-20/h2-5,10-11,15,26-27H,6-9,12H2,1H3/t15-/m0/s1. The van der Waals surface area contributed by atoms with Crippen molar-refractivity contribution < 1.29 is 22.3 Å². The van der Waals surface area contributed by atoms with Gasteiger partial charge in [-0.25, -0.2) is 9.38 Å². The van der Waals surface area contributed by atoms with Gasteiger partial charge < -0.3 is 20.3 Å². The number of alkyl halides is 3. The van der Waals surface area contributed by atoms with Crippen molar-refractivity contribution in [2.24, 2.45) is 4.99 Å². The van der Waals surface area contributed by atoms with Crippen LogP contribution in [-0.2, 0) is 10.9 Å². The number of fused-ring (bicyclic) bond motifs is 2. The highest BCUT2D eigenvalue weighted by atomic mass is 19.4. The van der Waals surface area contributed by atoms with Crippen LogP contribution in [0.4, 0.5) is 34.6 Å². The molecule has 1 atom stereocenters. The van der Waals surface area contributed by atoms with E-state index in [1.807, 2.05) is 4.90 Å². The van der Waals surface area contributed by atoms with Gasteiger partial charge in [0.25, 0.3) is 0 Å². The largest absolute Gasteiger partial charge is 0.416 e. The summed E-state index contributed by atoms with van der Waals surface area (Å²) in [5.74, 6) is -0.00645. The molecule has 2 N–H and O–H groups in total. The maximum Gasteiger partial charge on any atom is 0.416 e. The van der Waals surface area contributed by atoms with Crippen molar-refractivity contribution >= 4 is 22.9 Å². The number of halogens is 4. The van der Waals surface area contributed by atoms with Crippen molar-refractivity contribution in [3.05, 3.63) is 53.3 Å². The molecule has 0 unspecified atom stereocenters. The first-order valence-corrected chi connectivity index (χ1v) is 9.69. The lowest BCUT2D eigenvalue weighted by Crippen LogP contribution is -2.53. The number of hydrogen-bond acceptors (Lipinski definition) is 5. The number of methoxy groups -OCH3 is 1. The molecule has 0 radical (unpaired) electrons. The summed E-state index contributed by atoms with van der Waals surface area (Å²) in [6.45, 7) is 2.42. The van der Waals surface area contributed by atoms with Crippen LogP contribution < -0.4 is 10.6 Å². The molecule has 2 aliphatic heterocycles. The fourth-order valence-electron chi connectivity index (χ4n) is 3.75. The highest BCUT2D eigenvalue weighted by Crippen LogP contribution is 2.38. The van der Waals surface area contributed by atoms with Gasteiger partial charge >= 0.3 is 6.18 Å². The number of benzene rings is 2. The van der Waals surface area contributed by atoms with Gasteiger partial charge in [0.05, 0.1) is 16.9 Å². The van der Waals surface area contributed by atoms with Gasteiger partial charge in [0, 0.05) is 50.6 Å². The molecule has 5 nitrogen and oxygen atoms in total. The smallest absolute Gasteiger partial charge is 0.385 e. The number of ether oxygens (including phenoxy) is 1. The van der Waals surface area contributed by atoms with Gasteiger partial charge in [0.1, 0.15) is 11.7 Å². The van der Waals surface area contributed by atoms with Crippen LogP contribution in [0.15, 0.2) is 41.4 Å². The van der Waals surface area contributed by atoms with E-state index in [0.717, 1.165) is 18.6 Å². The van der Waals surface area contributed by atoms with Crippen LogP contribution in [0.2, 0.25) is 0 Å². The second kappa shape index (κ2) is 8.23. The Balaban J connectivity index is 1.79. The topological polar surface area (TPSA) is 48.9 Å². The number of nitrogens with one attached hydrogen (secondary N) is 2. The SMILES string of the molecule is COCC[C@H]1CN(C2=Nc3ccc(F)cc3Nc3ccc(C(F)(F)F)cc32)CCN1. The summed E-state index contributed by atoms with van der Waals surface area (Å²) in [7, 11) is 1.63. The van der Waals surface area contributed by atoms with Crippen LogP contribution in [0.5, 0.6) is 0 Å². The van der Waals surface area contributed by atoms with E-state index in [9.17, 15) is 17.6 Å². The summed E-state index contributed by atoms with van der Waals surface area (Å²) in [5.41, 5.74) is 0.936. The van der Waals surface area contributed by atoms with Crippen LogP contribution >= 0.6 is 0 Å². The van der Waals surface area contributed by atoms with Gasteiger partial charge in [-0.15, -0.1) is 0 Å². The molecule has 2 heterocycles. The Morgan fingerprint density at radius 3 is 2.77 bits per heavy atom. The van der Waals surface area contributed by atoms with Gasteiger partial charge in [-0.1, -0.05) is 0 Å². The molecular weight excluding hydrogens is 400 g/mol. The summed E-state index contributed by atoms with van der Waals surface area (Å²) < 4.78 is 59.1.